The maximum absolute atomic E-state index is 13.3. The number of pyridine rings is 1. The monoisotopic (exact) mass is 347 g/mol. The summed E-state index contributed by atoms with van der Waals surface area (Å²) in [6.45, 7) is 0.612. The van der Waals surface area contributed by atoms with Crippen LogP contribution in [0.1, 0.15) is 34.5 Å². The lowest BCUT2D eigenvalue weighted by Gasteiger charge is -2.17. The molecule has 1 aliphatic heterocycles. The normalized spacial score (nSPS) is 19.8. The predicted molar refractivity (Wildman–Crippen MR) is 91.0 cm³/mol. The molecule has 25 heavy (non-hydrogen) atoms. The van der Waals surface area contributed by atoms with Gasteiger partial charge in [0.05, 0.1) is 12.6 Å². The minimum Gasteiger partial charge on any atom is -0.363 e. The second-order valence-corrected chi connectivity index (χ2v) is 6.39. The molecule has 0 aliphatic carbocycles. The summed E-state index contributed by atoms with van der Waals surface area (Å²) in [7, 11) is 5.44. The number of hydrogen-bond acceptors (Lipinski definition) is 6. The summed E-state index contributed by atoms with van der Waals surface area (Å²) in [5.74, 6) is 1.69. The number of rotatable bonds is 5. The number of alkyl halides is 1. The van der Waals surface area contributed by atoms with E-state index < -0.39 is 6.17 Å². The van der Waals surface area contributed by atoms with Gasteiger partial charge in [0.25, 0.3) is 5.91 Å². The number of nitrogens with one attached hydrogen (secondary N) is 2. The smallest absolute Gasteiger partial charge is 0.254 e. The first-order valence-electron chi connectivity index (χ1n) is 8.11. The molecule has 2 aromatic rings. The number of H-pyrrole nitrogens is 1. The van der Waals surface area contributed by atoms with Gasteiger partial charge in [0.15, 0.2) is 5.82 Å². The first-order valence-corrected chi connectivity index (χ1v) is 8.11. The molecule has 1 aliphatic rings. The highest BCUT2D eigenvalue weighted by Crippen LogP contribution is 2.22. The molecule has 1 saturated heterocycles. The van der Waals surface area contributed by atoms with Crippen molar-refractivity contribution >= 4 is 11.7 Å². The van der Waals surface area contributed by atoms with Gasteiger partial charge in [-0.3, -0.25) is 9.89 Å². The van der Waals surface area contributed by atoms with Crippen LogP contribution in [0.4, 0.5) is 10.2 Å². The molecule has 0 aromatic carbocycles. The SMILES string of the molecule is CN(Cc1nc([C@H]2C[C@H](F)CN2)n[nH]1)C(=O)c1ccnc(N(C)C)c1. The summed E-state index contributed by atoms with van der Waals surface area (Å²) in [5, 5.41) is 10.0. The summed E-state index contributed by atoms with van der Waals surface area (Å²) in [4.78, 5) is 24.6. The Morgan fingerprint density at radius 1 is 1.40 bits per heavy atom. The van der Waals surface area contributed by atoms with Gasteiger partial charge in [-0.2, -0.15) is 5.10 Å². The third-order valence-electron chi connectivity index (χ3n) is 4.12. The van der Waals surface area contributed by atoms with E-state index >= 15 is 0 Å². The number of aromatic amines is 1. The average molecular weight is 347 g/mol. The number of carbonyl (C=O) groups is 1. The van der Waals surface area contributed by atoms with Crippen molar-refractivity contribution in [1.29, 1.82) is 0 Å². The summed E-state index contributed by atoms with van der Waals surface area (Å²) >= 11 is 0. The molecule has 134 valence electrons. The van der Waals surface area contributed by atoms with Crippen molar-refractivity contribution in [3.8, 4) is 0 Å². The Bertz CT molecular complexity index is 748. The summed E-state index contributed by atoms with van der Waals surface area (Å²) < 4.78 is 13.3. The van der Waals surface area contributed by atoms with Gasteiger partial charge in [0.1, 0.15) is 17.8 Å². The van der Waals surface area contributed by atoms with Gasteiger partial charge in [-0.1, -0.05) is 0 Å². The summed E-state index contributed by atoms with van der Waals surface area (Å²) in [6, 6.07) is 3.25. The van der Waals surface area contributed by atoms with E-state index in [1.54, 1.807) is 30.3 Å². The van der Waals surface area contributed by atoms with E-state index in [4.69, 9.17) is 0 Å². The van der Waals surface area contributed by atoms with Crippen molar-refractivity contribution < 1.29 is 9.18 Å². The maximum Gasteiger partial charge on any atom is 0.254 e. The van der Waals surface area contributed by atoms with E-state index in [9.17, 15) is 9.18 Å². The van der Waals surface area contributed by atoms with Crippen LogP contribution in [-0.2, 0) is 6.54 Å². The molecule has 3 rings (SSSR count). The fourth-order valence-electron chi connectivity index (χ4n) is 2.74. The van der Waals surface area contributed by atoms with Crippen LogP contribution in [0, 0.1) is 0 Å². The molecule has 2 atom stereocenters. The van der Waals surface area contributed by atoms with Gasteiger partial charge in [0.2, 0.25) is 0 Å². The van der Waals surface area contributed by atoms with Gasteiger partial charge in [-0.25, -0.2) is 14.4 Å². The van der Waals surface area contributed by atoms with E-state index in [0.717, 1.165) is 0 Å². The average Bonchev–Trinajstić information content (AvgIpc) is 3.23. The number of halogens is 1. The van der Waals surface area contributed by atoms with Crippen LogP contribution in [-0.4, -0.2) is 64.8 Å². The van der Waals surface area contributed by atoms with E-state index in [-0.39, 0.29) is 18.5 Å². The zero-order valence-corrected chi connectivity index (χ0v) is 14.5. The Kier molecular flexibility index (Phi) is 4.93. The first kappa shape index (κ1) is 17.3. The van der Waals surface area contributed by atoms with Gasteiger partial charge in [0, 0.05) is 45.9 Å². The molecule has 2 N–H and O–H groups in total. The van der Waals surface area contributed by atoms with Crippen LogP contribution in [0.2, 0.25) is 0 Å². The number of carbonyl (C=O) groups excluding carboxylic acids is 1. The van der Waals surface area contributed by atoms with Gasteiger partial charge >= 0.3 is 0 Å². The van der Waals surface area contributed by atoms with E-state index in [0.29, 0.717) is 36.0 Å². The zero-order chi connectivity index (χ0) is 18.0. The zero-order valence-electron chi connectivity index (χ0n) is 14.5. The highest BCUT2D eigenvalue weighted by molar-refractivity contribution is 5.94. The van der Waals surface area contributed by atoms with E-state index in [1.165, 1.54) is 0 Å². The van der Waals surface area contributed by atoms with Crippen LogP contribution >= 0.6 is 0 Å². The Hall–Kier alpha value is -2.55. The largest absolute Gasteiger partial charge is 0.363 e. The van der Waals surface area contributed by atoms with E-state index in [2.05, 4.69) is 25.5 Å². The topological polar surface area (TPSA) is 90.0 Å². The van der Waals surface area contributed by atoms with Crippen molar-refractivity contribution in [2.45, 2.75) is 25.2 Å². The molecule has 0 radical (unpaired) electrons. The lowest BCUT2D eigenvalue weighted by molar-refractivity contribution is 0.0781. The van der Waals surface area contributed by atoms with Gasteiger partial charge in [-0.15, -0.1) is 0 Å². The number of hydrogen-bond donors (Lipinski definition) is 2. The van der Waals surface area contributed by atoms with Crippen molar-refractivity contribution in [1.82, 2.24) is 30.4 Å². The second-order valence-electron chi connectivity index (χ2n) is 6.39. The molecule has 3 heterocycles. The molecule has 0 bridgehead atoms. The van der Waals surface area contributed by atoms with Crippen LogP contribution in [0.3, 0.4) is 0 Å². The molecule has 2 aromatic heterocycles. The molecule has 9 heteroatoms. The van der Waals surface area contributed by atoms with Crippen LogP contribution in [0.5, 0.6) is 0 Å². The minimum atomic E-state index is -0.867. The maximum atomic E-state index is 13.3. The van der Waals surface area contributed by atoms with Crippen LogP contribution < -0.4 is 10.2 Å². The molecule has 0 unspecified atom stereocenters. The van der Waals surface area contributed by atoms with Crippen molar-refractivity contribution in [2.75, 3.05) is 32.6 Å². The lowest BCUT2D eigenvalue weighted by Crippen LogP contribution is -2.27. The highest BCUT2D eigenvalue weighted by Gasteiger charge is 2.28. The summed E-state index contributed by atoms with van der Waals surface area (Å²) in [5.41, 5.74) is 0.554. The molecular formula is C16H22FN7O. The standard InChI is InChI=1S/C16H22FN7O/c1-23(2)14-6-10(4-5-18-14)16(25)24(3)9-13-20-15(22-21-13)12-7-11(17)8-19-12/h4-6,11-12,19H,7-9H2,1-3H3,(H,20,21,22)/t11-,12+/m0/s1. The first-order chi connectivity index (χ1) is 11.9. The second kappa shape index (κ2) is 7.14. The van der Waals surface area contributed by atoms with Crippen LogP contribution in [0.15, 0.2) is 18.3 Å². The highest BCUT2D eigenvalue weighted by atomic mass is 19.1. The Morgan fingerprint density at radius 3 is 2.88 bits per heavy atom. The minimum absolute atomic E-state index is 0.133. The van der Waals surface area contributed by atoms with Gasteiger partial charge < -0.3 is 15.1 Å². The number of aromatic nitrogens is 4. The Balaban J connectivity index is 1.66. The molecule has 8 nitrogen and oxygen atoms in total. The number of amides is 1. The van der Waals surface area contributed by atoms with E-state index in [1.807, 2.05) is 19.0 Å². The molecular weight excluding hydrogens is 325 g/mol. The quantitative estimate of drug-likeness (QED) is 0.836. The third kappa shape index (κ3) is 3.93. The third-order valence-corrected chi connectivity index (χ3v) is 4.12. The molecule has 0 saturated carbocycles. The Morgan fingerprint density at radius 2 is 2.20 bits per heavy atom. The number of anilines is 1. The Labute approximate surface area is 145 Å². The molecule has 1 fully saturated rings. The number of nitrogens with zero attached hydrogens (tertiary/aromatic N) is 5. The summed E-state index contributed by atoms with van der Waals surface area (Å²) in [6.07, 6.45) is 1.12. The van der Waals surface area contributed by atoms with Crippen molar-refractivity contribution in [3.63, 3.8) is 0 Å². The molecule has 1 amide bonds. The lowest BCUT2D eigenvalue weighted by atomic mass is 10.2. The van der Waals surface area contributed by atoms with Crippen molar-refractivity contribution in [3.05, 3.63) is 35.5 Å². The van der Waals surface area contributed by atoms with Crippen LogP contribution in [0.25, 0.3) is 0 Å². The molecule has 0 spiro atoms. The van der Waals surface area contributed by atoms with Gasteiger partial charge in [-0.05, 0) is 12.1 Å². The predicted octanol–water partition coefficient (Wildman–Crippen LogP) is 0.910. The fourth-order valence-corrected chi connectivity index (χ4v) is 2.74. The van der Waals surface area contributed by atoms with Crippen molar-refractivity contribution in [2.24, 2.45) is 0 Å². The fraction of sp³-hybridized carbons (Fsp3) is 0.500.